The zero-order chi connectivity index (χ0) is 20.8. The highest BCUT2D eigenvalue weighted by atomic mass is 16.5. The van der Waals surface area contributed by atoms with Gasteiger partial charge in [0.25, 0.3) is 11.7 Å². The number of benzene rings is 2. The van der Waals surface area contributed by atoms with Gasteiger partial charge in [-0.25, -0.2) is 0 Å². The lowest BCUT2D eigenvalue weighted by molar-refractivity contribution is -0.140. The molecule has 1 N–H and O–H groups in total. The zero-order valence-corrected chi connectivity index (χ0v) is 16.6. The monoisotopic (exact) mass is 395 g/mol. The Labute approximate surface area is 170 Å². The fourth-order valence-corrected chi connectivity index (χ4v) is 3.50. The predicted molar refractivity (Wildman–Crippen MR) is 110 cm³/mol. The number of hydrogen-bond donors (Lipinski definition) is 1. The van der Waals surface area contributed by atoms with E-state index in [0.717, 1.165) is 5.56 Å². The van der Waals surface area contributed by atoms with Crippen LogP contribution in [0.15, 0.2) is 60.2 Å². The Kier molecular flexibility index (Phi) is 6.67. The number of methoxy groups -OCH3 is 1. The minimum absolute atomic E-state index is 0.0998. The third-order valence-corrected chi connectivity index (χ3v) is 4.84. The average Bonchev–Trinajstić information content (AvgIpc) is 3.00. The number of carbonyl (C=O) groups is 2. The Bertz CT molecular complexity index is 889. The van der Waals surface area contributed by atoms with E-state index < -0.39 is 17.7 Å². The van der Waals surface area contributed by atoms with Crippen molar-refractivity contribution >= 4 is 17.4 Å². The Morgan fingerprint density at radius 2 is 1.76 bits per heavy atom. The molecule has 0 unspecified atom stereocenters. The number of amides is 1. The second-order valence-corrected chi connectivity index (χ2v) is 6.71. The van der Waals surface area contributed by atoms with Crippen LogP contribution in [0.3, 0.4) is 0 Å². The highest BCUT2D eigenvalue weighted by Crippen LogP contribution is 2.39. The van der Waals surface area contributed by atoms with Gasteiger partial charge < -0.3 is 19.5 Å². The lowest BCUT2D eigenvalue weighted by atomic mass is 9.95. The summed E-state index contributed by atoms with van der Waals surface area (Å²) in [5.41, 5.74) is 1.34. The number of rotatable bonds is 8. The zero-order valence-electron chi connectivity index (χ0n) is 16.6. The van der Waals surface area contributed by atoms with Crippen molar-refractivity contribution in [3.05, 3.63) is 71.3 Å². The first-order valence-electron chi connectivity index (χ1n) is 9.64. The van der Waals surface area contributed by atoms with Gasteiger partial charge in [0.05, 0.1) is 18.2 Å². The molecule has 29 heavy (non-hydrogen) atoms. The minimum Gasteiger partial charge on any atom is -0.507 e. The molecule has 1 atom stereocenters. The number of ether oxygens (including phenoxy) is 2. The molecule has 1 amide bonds. The number of carbonyl (C=O) groups excluding carboxylic acids is 2. The summed E-state index contributed by atoms with van der Waals surface area (Å²) in [6.07, 6.45) is 0.586. The average molecular weight is 395 g/mol. The van der Waals surface area contributed by atoms with Gasteiger partial charge in [-0.1, -0.05) is 42.5 Å². The topological polar surface area (TPSA) is 76.1 Å². The molecular weight excluding hydrogens is 370 g/mol. The van der Waals surface area contributed by atoms with Crippen LogP contribution < -0.4 is 4.74 Å². The number of nitrogens with zero attached hydrogens (tertiary/aromatic N) is 1. The van der Waals surface area contributed by atoms with E-state index in [9.17, 15) is 14.7 Å². The van der Waals surface area contributed by atoms with Gasteiger partial charge in [-0.05, 0) is 31.0 Å². The molecule has 1 heterocycles. The maximum Gasteiger partial charge on any atom is 0.295 e. The smallest absolute Gasteiger partial charge is 0.295 e. The van der Waals surface area contributed by atoms with Crippen LogP contribution >= 0.6 is 0 Å². The fraction of sp³-hybridized carbons (Fsp3) is 0.304. The van der Waals surface area contributed by atoms with Crippen LogP contribution in [0.1, 0.15) is 30.5 Å². The number of aliphatic hydroxyl groups excluding tert-OH is 1. The van der Waals surface area contributed by atoms with E-state index in [1.165, 1.54) is 4.90 Å². The predicted octanol–water partition coefficient (Wildman–Crippen LogP) is 3.54. The van der Waals surface area contributed by atoms with E-state index >= 15 is 0 Å². The van der Waals surface area contributed by atoms with Crippen LogP contribution in [0.4, 0.5) is 0 Å². The Balaban J connectivity index is 2.07. The van der Waals surface area contributed by atoms with Crippen LogP contribution in [-0.2, 0) is 14.3 Å². The van der Waals surface area contributed by atoms with Crippen LogP contribution in [0, 0.1) is 0 Å². The summed E-state index contributed by atoms with van der Waals surface area (Å²) in [6, 6.07) is 15.4. The Morgan fingerprint density at radius 3 is 2.38 bits per heavy atom. The van der Waals surface area contributed by atoms with Gasteiger partial charge in [0.15, 0.2) is 0 Å². The molecule has 3 rings (SSSR count). The molecule has 6 heteroatoms. The molecule has 1 fully saturated rings. The molecule has 0 aromatic heterocycles. The standard InChI is InChI=1S/C23H25NO5/c1-3-29-18-12-10-16(11-13-18)20-19(21(25)17-8-5-4-6-9-17)22(26)23(27)24(20)14-7-15-28-2/h4-6,8-13,20,25H,3,7,14-15H2,1-2H3/t20-/m0/s1. The van der Waals surface area contributed by atoms with Crippen LogP contribution in [-0.4, -0.2) is 48.6 Å². The first-order chi connectivity index (χ1) is 14.1. The summed E-state index contributed by atoms with van der Waals surface area (Å²) in [5.74, 6) is -0.757. The molecule has 0 radical (unpaired) electrons. The van der Waals surface area contributed by atoms with E-state index in [2.05, 4.69) is 0 Å². The second kappa shape index (κ2) is 9.39. The van der Waals surface area contributed by atoms with Crippen molar-refractivity contribution in [1.82, 2.24) is 4.90 Å². The normalized spacial score (nSPS) is 18.3. The maximum atomic E-state index is 12.9. The Hall–Kier alpha value is -3.12. The molecule has 1 aliphatic rings. The molecule has 0 saturated carbocycles. The molecule has 0 aliphatic carbocycles. The number of hydrogen-bond acceptors (Lipinski definition) is 5. The van der Waals surface area contributed by atoms with E-state index in [1.807, 2.05) is 25.1 Å². The van der Waals surface area contributed by atoms with E-state index in [4.69, 9.17) is 9.47 Å². The highest BCUT2D eigenvalue weighted by Gasteiger charge is 2.45. The quantitative estimate of drug-likeness (QED) is 0.320. The molecule has 6 nitrogen and oxygen atoms in total. The van der Waals surface area contributed by atoms with E-state index in [1.54, 1.807) is 43.5 Å². The van der Waals surface area contributed by atoms with Gasteiger partial charge in [-0.2, -0.15) is 0 Å². The van der Waals surface area contributed by atoms with Gasteiger partial charge in [-0.15, -0.1) is 0 Å². The van der Waals surface area contributed by atoms with Gasteiger partial charge in [0, 0.05) is 25.8 Å². The summed E-state index contributed by atoms with van der Waals surface area (Å²) in [7, 11) is 1.59. The van der Waals surface area contributed by atoms with Gasteiger partial charge in [-0.3, -0.25) is 9.59 Å². The molecule has 2 aromatic carbocycles. The lowest BCUT2D eigenvalue weighted by Crippen LogP contribution is -2.31. The Morgan fingerprint density at radius 1 is 1.07 bits per heavy atom. The van der Waals surface area contributed by atoms with Crippen molar-refractivity contribution in [2.24, 2.45) is 0 Å². The number of ketones is 1. The van der Waals surface area contributed by atoms with Crippen LogP contribution in [0.5, 0.6) is 5.75 Å². The number of aliphatic hydroxyl groups is 1. The molecule has 2 aromatic rings. The second-order valence-electron chi connectivity index (χ2n) is 6.71. The van der Waals surface area contributed by atoms with Crippen LogP contribution in [0.25, 0.3) is 5.76 Å². The first kappa shape index (κ1) is 20.6. The molecule has 152 valence electrons. The summed E-state index contributed by atoms with van der Waals surface area (Å²) < 4.78 is 10.6. The van der Waals surface area contributed by atoms with E-state index in [0.29, 0.717) is 37.5 Å². The van der Waals surface area contributed by atoms with Crippen molar-refractivity contribution in [2.75, 3.05) is 26.9 Å². The lowest BCUT2D eigenvalue weighted by Gasteiger charge is -2.25. The molecular formula is C23H25NO5. The first-order valence-corrected chi connectivity index (χ1v) is 9.64. The van der Waals surface area contributed by atoms with Gasteiger partial charge in [0.2, 0.25) is 0 Å². The largest absolute Gasteiger partial charge is 0.507 e. The SMILES string of the molecule is CCOc1ccc([C@H]2C(=C(O)c3ccccc3)C(=O)C(=O)N2CCCOC)cc1. The fourth-order valence-electron chi connectivity index (χ4n) is 3.50. The van der Waals surface area contributed by atoms with Crippen molar-refractivity contribution in [3.63, 3.8) is 0 Å². The summed E-state index contributed by atoms with van der Waals surface area (Å²) in [4.78, 5) is 27.1. The molecule has 1 saturated heterocycles. The number of likely N-dealkylation sites (tertiary alicyclic amines) is 1. The van der Waals surface area contributed by atoms with Crippen molar-refractivity contribution in [3.8, 4) is 5.75 Å². The maximum absolute atomic E-state index is 12.9. The van der Waals surface area contributed by atoms with Gasteiger partial charge in [0.1, 0.15) is 11.5 Å². The number of Topliss-reactive ketones (excluding diaryl/α,β-unsaturated/α-hetero) is 1. The third kappa shape index (κ3) is 4.32. The summed E-state index contributed by atoms with van der Waals surface area (Å²) >= 11 is 0. The van der Waals surface area contributed by atoms with Crippen LogP contribution in [0.2, 0.25) is 0 Å². The van der Waals surface area contributed by atoms with Crippen molar-refractivity contribution in [2.45, 2.75) is 19.4 Å². The molecule has 0 bridgehead atoms. The minimum atomic E-state index is -0.678. The summed E-state index contributed by atoms with van der Waals surface area (Å²) in [5, 5.41) is 10.9. The summed E-state index contributed by atoms with van der Waals surface area (Å²) in [6.45, 7) is 3.26. The highest BCUT2D eigenvalue weighted by molar-refractivity contribution is 6.46. The molecule has 1 aliphatic heterocycles. The van der Waals surface area contributed by atoms with Crippen molar-refractivity contribution in [1.29, 1.82) is 0 Å². The van der Waals surface area contributed by atoms with Gasteiger partial charge >= 0.3 is 0 Å². The third-order valence-electron chi connectivity index (χ3n) is 4.84. The molecule has 0 spiro atoms. The van der Waals surface area contributed by atoms with Crippen molar-refractivity contribution < 1.29 is 24.2 Å². The van der Waals surface area contributed by atoms with E-state index in [-0.39, 0.29) is 11.3 Å².